The molecule has 0 saturated carbocycles. The van der Waals surface area contributed by atoms with Gasteiger partial charge in [0.2, 0.25) is 0 Å². The average Bonchev–Trinajstić information content (AvgIpc) is 2.66. The number of nitrogens with two attached hydrogens (primary N) is 1. The van der Waals surface area contributed by atoms with E-state index < -0.39 is 0 Å². The van der Waals surface area contributed by atoms with Gasteiger partial charge in [-0.05, 0) is 37.1 Å². The fourth-order valence-electron chi connectivity index (χ4n) is 2.35. The summed E-state index contributed by atoms with van der Waals surface area (Å²) in [5, 5.41) is 0. The van der Waals surface area contributed by atoms with E-state index in [1.54, 1.807) is 0 Å². The quantitative estimate of drug-likeness (QED) is 0.603. The highest BCUT2D eigenvalue weighted by molar-refractivity contribution is 5.41. The minimum atomic E-state index is 0.534. The van der Waals surface area contributed by atoms with Crippen LogP contribution in [0.25, 0.3) is 0 Å². The molecule has 0 bridgehead atoms. The normalized spacial score (nSPS) is 21.7. The van der Waals surface area contributed by atoms with Crippen molar-refractivity contribution in [2.24, 2.45) is 0 Å². The second-order valence-electron chi connectivity index (χ2n) is 4.11. The summed E-state index contributed by atoms with van der Waals surface area (Å²) in [6, 6.07) is 8.77. The van der Waals surface area contributed by atoms with Crippen molar-refractivity contribution in [2.75, 3.05) is 18.8 Å². The molecule has 1 aromatic carbocycles. The standard InChI is InChI=1S/C13H18N2/c1-2-8-15-9-4-7-13(15)11-5-3-6-12(14)10-11/h2-3,5-6,10,13H,1,4,7-9,14H2. The zero-order chi connectivity index (χ0) is 10.7. The lowest BCUT2D eigenvalue weighted by Gasteiger charge is -2.23. The first-order chi connectivity index (χ1) is 7.31. The summed E-state index contributed by atoms with van der Waals surface area (Å²) in [6.45, 7) is 5.95. The molecule has 1 atom stereocenters. The Morgan fingerprint density at radius 3 is 3.13 bits per heavy atom. The van der Waals surface area contributed by atoms with Crippen molar-refractivity contribution in [1.29, 1.82) is 0 Å². The van der Waals surface area contributed by atoms with Gasteiger partial charge in [0.05, 0.1) is 0 Å². The van der Waals surface area contributed by atoms with Gasteiger partial charge in [-0.3, -0.25) is 4.90 Å². The van der Waals surface area contributed by atoms with Gasteiger partial charge < -0.3 is 5.73 Å². The van der Waals surface area contributed by atoms with Crippen LogP contribution in [0, 0.1) is 0 Å². The minimum absolute atomic E-state index is 0.534. The Morgan fingerprint density at radius 1 is 1.53 bits per heavy atom. The van der Waals surface area contributed by atoms with Gasteiger partial charge in [-0.25, -0.2) is 0 Å². The third-order valence-electron chi connectivity index (χ3n) is 3.02. The van der Waals surface area contributed by atoms with Gasteiger partial charge in [0.15, 0.2) is 0 Å². The maximum atomic E-state index is 5.81. The van der Waals surface area contributed by atoms with E-state index in [-0.39, 0.29) is 0 Å². The van der Waals surface area contributed by atoms with E-state index in [1.807, 2.05) is 18.2 Å². The molecule has 0 amide bonds. The zero-order valence-electron chi connectivity index (χ0n) is 9.02. The molecular formula is C13H18N2. The van der Waals surface area contributed by atoms with E-state index in [0.717, 1.165) is 12.2 Å². The average molecular weight is 202 g/mol. The highest BCUT2D eigenvalue weighted by Gasteiger charge is 2.24. The van der Waals surface area contributed by atoms with Crippen molar-refractivity contribution in [2.45, 2.75) is 18.9 Å². The predicted octanol–water partition coefficient (Wildman–Crippen LogP) is 2.59. The van der Waals surface area contributed by atoms with Crippen LogP contribution in [0.1, 0.15) is 24.4 Å². The van der Waals surface area contributed by atoms with Crippen LogP contribution < -0.4 is 5.73 Å². The molecule has 0 radical (unpaired) electrons. The third kappa shape index (κ3) is 2.21. The molecule has 0 spiro atoms. The first kappa shape index (κ1) is 10.2. The van der Waals surface area contributed by atoms with Crippen molar-refractivity contribution in [3.8, 4) is 0 Å². The van der Waals surface area contributed by atoms with Crippen LogP contribution in [0.2, 0.25) is 0 Å². The summed E-state index contributed by atoms with van der Waals surface area (Å²) < 4.78 is 0. The molecule has 1 aliphatic rings. The maximum Gasteiger partial charge on any atom is 0.0352 e. The molecular weight excluding hydrogens is 184 g/mol. The first-order valence-corrected chi connectivity index (χ1v) is 5.51. The number of hydrogen-bond donors (Lipinski definition) is 1. The monoisotopic (exact) mass is 202 g/mol. The Bertz CT molecular complexity index is 346. The molecule has 0 aromatic heterocycles. The van der Waals surface area contributed by atoms with Gasteiger partial charge in [-0.15, -0.1) is 6.58 Å². The van der Waals surface area contributed by atoms with Crippen molar-refractivity contribution in [1.82, 2.24) is 4.90 Å². The van der Waals surface area contributed by atoms with E-state index >= 15 is 0 Å². The van der Waals surface area contributed by atoms with Crippen molar-refractivity contribution < 1.29 is 0 Å². The summed E-state index contributed by atoms with van der Waals surface area (Å²) in [5.74, 6) is 0. The van der Waals surface area contributed by atoms with Crippen LogP contribution in [0.4, 0.5) is 5.69 Å². The van der Waals surface area contributed by atoms with Gasteiger partial charge >= 0.3 is 0 Å². The molecule has 2 heteroatoms. The summed E-state index contributed by atoms with van der Waals surface area (Å²) in [7, 11) is 0. The van der Waals surface area contributed by atoms with Gasteiger partial charge in [0.1, 0.15) is 0 Å². The molecule has 0 aliphatic carbocycles. The number of anilines is 1. The smallest absolute Gasteiger partial charge is 0.0352 e. The van der Waals surface area contributed by atoms with Crippen LogP contribution >= 0.6 is 0 Å². The molecule has 1 fully saturated rings. The number of rotatable bonds is 3. The molecule has 1 saturated heterocycles. The summed E-state index contributed by atoms with van der Waals surface area (Å²) in [5.41, 5.74) is 8.01. The first-order valence-electron chi connectivity index (χ1n) is 5.51. The minimum Gasteiger partial charge on any atom is -0.399 e. The fraction of sp³-hybridized carbons (Fsp3) is 0.385. The fourth-order valence-corrected chi connectivity index (χ4v) is 2.35. The summed E-state index contributed by atoms with van der Waals surface area (Å²) in [4.78, 5) is 2.46. The molecule has 1 aliphatic heterocycles. The van der Waals surface area contributed by atoms with Gasteiger partial charge in [-0.1, -0.05) is 18.2 Å². The van der Waals surface area contributed by atoms with Crippen molar-refractivity contribution >= 4 is 5.69 Å². The van der Waals surface area contributed by atoms with Crippen LogP contribution in [0.3, 0.4) is 0 Å². The number of hydrogen-bond acceptors (Lipinski definition) is 2. The lowest BCUT2D eigenvalue weighted by molar-refractivity contribution is 0.286. The Hall–Kier alpha value is -1.28. The molecule has 80 valence electrons. The van der Waals surface area contributed by atoms with Crippen LogP contribution in [0.15, 0.2) is 36.9 Å². The largest absolute Gasteiger partial charge is 0.399 e. The molecule has 2 N–H and O–H groups in total. The molecule has 15 heavy (non-hydrogen) atoms. The highest BCUT2D eigenvalue weighted by atomic mass is 15.2. The van der Waals surface area contributed by atoms with Crippen molar-refractivity contribution in [3.63, 3.8) is 0 Å². The SMILES string of the molecule is C=CCN1CCCC1c1cccc(N)c1. The number of nitrogen functional groups attached to an aromatic ring is 1. The van der Waals surface area contributed by atoms with E-state index in [4.69, 9.17) is 5.73 Å². The lowest BCUT2D eigenvalue weighted by Crippen LogP contribution is -2.23. The maximum absolute atomic E-state index is 5.81. The second-order valence-corrected chi connectivity index (χ2v) is 4.11. The van der Waals surface area contributed by atoms with E-state index in [1.165, 1.54) is 24.9 Å². The van der Waals surface area contributed by atoms with Crippen molar-refractivity contribution in [3.05, 3.63) is 42.5 Å². The third-order valence-corrected chi connectivity index (χ3v) is 3.02. The van der Waals surface area contributed by atoms with E-state index in [9.17, 15) is 0 Å². The van der Waals surface area contributed by atoms with Crippen LogP contribution in [-0.2, 0) is 0 Å². The van der Waals surface area contributed by atoms with Gasteiger partial charge in [-0.2, -0.15) is 0 Å². The number of likely N-dealkylation sites (tertiary alicyclic amines) is 1. The Labute approximate surface area is 91.4 Å². The Kier molecular flexibility index (Phi) is 3.07. The Balaban J connectivity index is 2.18. The predicted molar refractivity (Wildman–Crippen MR) is 64.6 cm³/mol. The lowest BCUT2D eigenvalue weighted by atomic mass is 10.0. The van der Waals surface area contributed by atoms with Crippen LogP contribution in [-0.4, -0.2) is 18.0 Å². The zero-order valence-corrected chi connectivity index (χ0v) is 9.02. The van der Waals surface area contributed by atoms with E-state index in [2.05, 4.69) is 23.6 Å². The van der Waals surface area contributed by atoms with Gasteiger partial charge in [0, 0.05) is 18.3 Å². The molecule has 1 heterocycles. The topological polar surface area (TPSA) is 29.3 Å². The number of nitrogens with zero attached hydrogens (tertiary/aromatic N) is 1. The van der Waals surface area contributed by atoms with E-state index in [0.29, 0.717) is 6.04 Å². The molecule has 2 rings (SSSR count). The summed E-state index contributed by atoms with van der Waals surface area (Å²) in [6.07, 6.45) is 4.48. The molecule has 2 nitrogen and oxygen atoms in total. The highest BCUT2D eigenvalue weighted by Crippen LogP contribution is 2.32. The molecule has 1 unspecified atom stereocenters. The Morgan fingerprint density at radius 2 is 2.40 bits per heavy atom. The second kappa shape index (κ2) is 4.49. The molecule has 1 aromatic rings. The summed E-state index contributed by atoms with van der Waals surface area (Å²) >= 11 is 0. The number of benzene rings is 1. The van der Waals surface area contributed by atoms with Crippen LogP contribution in [0.5, 0.6) is 0 Å². The van der Waals surface area contributed by atoms with Gasteiger partial charge in [0.25, 0.3) is 0 Å².